The van der Waals surface area contributed by atoms with Gasteiger partial charge in [-0.3, -0.25) is 4.90 Å². The van der Waals surface area contributed by atoms with Crippen LogP contribution in [-0.4, -0.2) is 36.1 Å². The molecule has 1 heterocycles. The average Bonchev–Trinajstić information content (AvgIpc) is 3.21. The maximum atomic E-state index is 3.73. The SMILES string of the molecule is CCCC(CCC)N(CC1CCCCN1)C1CC1. The molecule has 18 heavy (non-hydrogen) atoms. The van der Waals surface area contributed by atoms with Gasteiger partial charge >= 0.3 is 0 Å². The Bertz CT molecular complexity index is 213. The number of rotatable bonds is 8. The molecule has 2 nitrogen and oxygen atoms in total. The van der Waals surface area contributed by atoms with Crippen LogP contribution in [0, 0.1) is 0 Å². The second kappa shape index (κ2) is 7.49. The molecular formula is C16H32N2. The van der Waals surface area contributed by atoms with Crippen LogP contribution in [0.2, 0.25) is 0 Å². The molecule has 1 aliphatic heterocycles. The molecule has 0 bridgehead atoms. The Hall–Kier alpha value is -0.0800. The van der Waals surface area contributed by atoms with Gasteiger partial charge in [0.2, 0.25) is 0 Å². The van der Waals surface area contributed by atoms with Gasteiger partial charge in [0.05, 0.1) is 0 Å². The van der Waals surface area contributed by atoms with Crippen molar-refractivity contribution in [3.8, 4) is 0 Å². The molecule has 1 atom stereocenters. The van der Waals surface area contributed by atoms with Crippen molar-refractivity contribution >= 4 is 0 Å². The zero-order valence-corrected chi connectivity index (χ0v) is 12.5. The smallest absolute Gasteiger partial charge is 0.0195 e. The quantitative estimate of drug-likeness (QED) is 0.710. The highest BCUT2D eigenvalue weighted by Crippen LogP contribution is 2.32. The second-order valence-electron chi connectivity index (χ2n) is 6.31. The van der Waals surface area contributed by atoms with Crippen LogP contribution < -0.4 is 5.32 Å². The van der Waals surface area contributed by atoms with Gasteiger partial charge in [-0.2, -0.15) is 0 Å². The number of piperidine rings is 1. The van der Waals surface area contributed by atoms with Crippen molar-refractivity contribution < 1.29 is 0 Å². The average molecular weight is 252 g/mol. The summed E-state index contributed by atoms with van der Waals surface area (Å²) in [4.78, 5) is 2.87. The van der Waals surface area contributed by atoms with E-state index >= 15 is 0 Å². The molecule has 2 aliphatic rings. The maximum Gasteiger partial charge on any atom is 0.0195 e. The van der Waals surface area contributed by atoms with E-state index in [9.17, 15) is 0 Å². The van der Waals surface area contributed by atoms with E-state index in [0.717, 1.165) is 18.1 Å². The largest absolute Gasteiger partial charge is 0.313 e. The standard InChI is InChI=1S/C16H32N2/c1-3-7-15(8-4-2)18(16-10-11-16)13-14-9-5-6-12-17-14/h14-17H,3-13H2,1-2H3. The number of nitrogens with one attached hydrogen (secondary N) is 1. The van der Waals surface area contributed by atoms with Crippen LogP contribution in [0.5, 0.6) is 0 Å². The first-order chi connectivity index (χ1) is 8.85. The molecular weight excluding hydrogens is 220 g/mol. The van der Waals surface area contributed by atoms with E-state index in [4.69, 9.17) is 0 Å². The second-order valence-corrected chi connectivity index (χ2v) is 6.31. The van der Waals surface area contributed by atoms with Crippen molar-refractivity contribution in [2.24, 2.45) is 0 Å². The molecule has 1 aliphatic carbocycles. The van der Waals surface area contributed by atoms with Crippen molar-refractivity contribution in [3.63, 3.8) is 0 Å². The van der Waals surface area contributed by atoms with E-state index in [-0.39, 0.29) is 0 Å². The number of hydrogen-bond donors (Lipinski definition) is 1. The van der Waals surface area contributed by atoms with Gasteiger partial charge in [-0.15, -0.1) is 0 Å². The molecule has 2 heteroatoms. The van der Waals surface area contributed by atoms with Crippen LogP contribution in [0.3, 0.4) is 0 Å². The normalized spacial score (nSPS) is 25.0. The van der Waals surface area contributed by atoms with Crippen LogP contribution in [0.25, 0.3) is 0 Å². The van der Waals surface area contributed by atoms with Crippen molar-refractivity contribution in [2.75, 3.05) is 13.1 Å². The highest BCUT2D eigenvalue weighted by molar-refractivity contribution is 4.91. The Morgan fingerprint density at radius 3 is 2.28 bits per heavy atom. The number of hydrogen-bond acceptors (Lipinski definition) is 2. The summed E-state index contributed by atoms with van der Waals surface area (Å²) < 4.78 is 0. The third-order valence-corrected chi connectivity index (χ3v) is 4.57. The zero-order valence-electron chi connectivity index (χ0n) is 12.5. The Balaban J connectivity index is 1.88. The lowest BCUT2D eigenvalue weighted by molar-refractivity contribution is 0.140. The summed E-state index contributed by atoms with van der Waals surface area (Å²) in [6.45, 7) is 7.24. The van der Waals surface area contributed by atoms with Gasteiger partial charge in [-0.05, 0) is 45.1 Å². The molecule has 1 saturated heterocycles. The van der Waals surface area contributed by atoms with Gasteiger partial charge in [0.15, 0.2) is 0 Å². The molecule has 0 aromatic rings. The fourth-order valence-corrected chi connectivity index (χ4v) is 3.48. The summed E-state index contributed by atoms with van der Waals surface area (Å²) in [6, 6.07) is 2.56. The minimum Gasteiger partial charge on any atom is -0.313 e. The van der Waals surface area contributed by atoms with Crippen LogP contribution in [0.15, 0.2) is 0 Å². The molecule has 2 fully saturated rings. The highest BCUT2D eigenvalue weighted by atomic mass is 15.2. The van der Waals surface area contributed by atoms with Crippen LogP contribution in [-0.2, 0) is 0 Å². The third kappa shape index (κ3) is 4.24. The minimum atomic E-state index is 0.774. The Kier molecular flexibility index (Phi) is 5.97. The molecule has 0 aromatic carbocycles. The monoisotopic (exact) mass is 252 g/mol. The molecule has 0 radical (unpaired) electrons. The van der Waals surface area contributed by atoms with Gasteiger partial charge in [0, 0.05) is 24.7 Å². The first kappa shape index (κ1) is 14.3. The lowest BCUT2D eigenvalue weighted by Crippen LogP contribution is -2.48. The van der Waals surface area contributed by atoms with Crippen LogP contribution >= 0.6 is 0 Å². The summed E-state index contributed by atoms with van der Waals surface area (Å²) in [5.74, 6) is 0. The Labute approximate surface area is 114 Å². The summed E-state index contributed by atoms with van der Waals surface area (Å²) in [5, 5.41) is 3.73. The summed E-state index contributed by atoms with van der Waals surface area (Å²) in [5.41, 5.74) is 0. The fraction of sp³-hybridized carbons (Fsp3) is 1.00. The van der Waals surface area contributed by atoms with Gasteiger partial charge in [0.1, 0.15) is 0 Å². The van der Waals surface area contributed by atoms with Crippen molar-refractivity contribution in [1.82, 2.24) is 10.2 Å². The van der Waals surface area contributed by atoms with Crippen molar-refractivity contribution in [1.29, 1.82) is 0 Å². The summed E-state index contributed by atoms with van der Waals surface area (Å²) in [7, 11) is 0. The summed E-state index contributed by atoms with van der Waals surface area (Å²) >= 11 is 0. The zero-order chi connectivity index (χ0) is 12.8. The number of nitrogens with zero attached hydrogens (tertiary/aromatic N) is 1. The first-order valence-corrected chi connectivity index (χ1v) is 8.34. The Morgan fingerprint density at radius 1 is 1.06 bits per heavy atom. The molecule has 0 amide bonds. The fourth-order valence-electron chi connectivity index (χ4n) is 3.48. The third-order valence-electron chi connectivity index (χ3n) is 4.57. The van der Waals surface area contributed by atoms with Crippen molar-refractivity contribution in [2.45, 2.75) is 89.8 Å². The molecule has 2 rings (SSSR count). The van der Waals surface area contributed by atoms with Crippen LogP contribution in [0.1, 0.15) is 71.6 Å². The Morgan fingerprint density at radius 2 is 1.78 bits per heavy atom. The van der Waals surface area contributed by atoms with Crippen molar-refractivity contribution in [3.05, 3.63) is 0 Å². The molecule has 1 saturated carbocycles. The van der Waals surface area contributed by atoms with Gasteiger partial charge in [-0.1, -0.05) is 33.1 Å². The predicted molar refractivity (Wildman–Crippen MR) is 79.0 cm³/mol. The van der Waals surface area contributed by atoms with E-state index in [1.54, 1.807) is 0 Å². The summed E-state index contributed by atoms with van der Waals surface area (Å²) in [6.07, 6.45) is 12.6. The van der Waals surface area contributed by atoms with Gasteiger partial charge < -0.3 is 5.32 Å². The van der Waals surface area contributed by atoms with E-state index in [1.165, 1.54) is 70.9 Å². The lowest BCUT2D eigenvalue weighted by atomic mass is 10.0. The molecule has 106 valence electrons. The van der Waals surface area contributed by atoms with E-state index in [1.807, 2.05) is 0 Å². The topological polar surface area (TPSA) is 15.3 Å². The molecule has 0 aromatic heterocycles. The lowest BCUT2D eigenvalue weighted by Gasteiger charge is -2.36. The van der Waals surface area contributed by atoms with E-state index < -0.39 is 0 Å². The minimum absolute atomic E-state index is 0.774. The first-order valence-electron chi connectivity index (χ1n) is 8.34. The van der Waals surface area contributed by atoms with E-state index in [0.29, 0.717) is 0 Å². The van der Waals surface area contributed by atoms with Gasteiger partial charge in [0.25, 0.3) is 0 Å². The van der Waals surface area contributed by atoms with E-state index in [2.05, 4.69) is 24.1 Å². The molecule has 0 spiro atoms. The van der Waals surface area contributed by atoms with Gasteiger partial charge in [-0.25, -0.2) is 0 Å². The predicted octanol–water partition coefficient (Wildman–Crippen LogP) is 3.56. The molecule has 1 unspecified atom stereocenters. The highest BCUT2D eigenvalue weighted by Gasteiger charge is 2.34. The molecule has 1 N–H and O–H groups in total. The maximum absolute atomic E-state index is 3.73. The van der Waals surface area contributed by atoms with Crippen LogP contribution in [0.4, 0.5) is 0 Å².